The number of ketones is 1. The molecule has 7 nitrogen and oxygen atoms in total. The van der Waals surface area contributed by atoms with Crippen LogP contribution in [0.5, 0.6) is 0 Å². The van der Waals surface area contributed by atoms with Crippen molar-refractivity contribution in [2.75, 3.05) is 90.6 Å². The van der Waals surface area contributed by atoms with Gasteiger partial charge >= 0.3 is 0 Å². The smallest absolute Gasteiger partial charge is 0.173 e. The van der Waals surface area contributed by atoms with E-state index in [1.165, 1.54) is 33.6 Å². The van der Waals surface area contributed by atoms with Crippen LogP contribution in [0.2, 0.25) is 0 Å². The second kappa shape index (κ2) is 17.7. The summed E-state index contributed by atoms with van der Waals surface area (Å²) in [7, 11) is 8.43. The van der Waals surface area contributed by atoms with Crippen LogP contribution in [0.4, 0.5) is 11.4 Å². The summed E-state index contributed by atoms with van der Waals surface area (Å²) in [6.07, 6.45) is 4.32. The molecule has 276 valence electrons. The second-order valence-corrected chi connectivity index (χ2v) is 15.0. The largest absolute Gasteiger partial charge is 0.378 e. The van der Waals surface area contributed by atoms with Gasteiger partial charge in [-0.15, -0.1) is 0 Å². The Balaban J connectivity index is 1.33. The SMILES string of the molecule is CN(C)C(CCc1ccc(N2CCOCC2)cc1)(Cc1ccccc1)C(=O)C(CCc1ccc(N2CCOCC2)cc1)(Cc1ccccc1)N(C)C. The number of nitrogens with zero attached hydrogens (tertiary/aromatic N) is 4. The number of ether oxygens (including phenoxy) is 2. The number of hydrogen-bond acceptors (Lipinski definition) is 7. The van der Waals surface area contributed by atoms with Crippen LogP contribution in [0.1, 0.15) is 35.1 Å². The summed E-state index contributed by atoms with van der Waals surface area (Å²) in [5.74, 6) is 0.289. The fourth-order valence-corrected chi connectivity index (χ4v) is 8.13. The van der Waals surface area contributed by atoms with E-state index in [4.69, 9.17) is 9.47 Å². The van der Waals surface area contributed by atoms with E-state index in [1.54, 1.807) is 0 Å². The summed E-state index contributed by atoms with van der Waals surface area (Å²) in [5.41, 5.74) is 5.84. The van der Waals surface area contributed by atoms with Crippen LogP contribution < -0.4 is 9.80 Å². The Labute approximate surface area is 312 Å². The van der Waals surface area contributed by atoms with Crippen molar-refractivity contribution in [3.8, 4) is 0 Å². The van der Waals surface area contributed by atoms with E-state index in [9.17, 15) is 0 Å². The molecule has 0 saturated carbocycles. The molecule has 0 N–H and O–H groups in total. The highest BCUT2D eigenvalue weighted by Gasteiger charge is 2.52. The molecule has 2 unspecified atom stereocenters. The number of likely N-dealkylation sites (N-methyl/N-ethyl adjacent to an activating group) is 2. The van der Waals surface area contributed by atoms with Gasteiger partial charge < -0.3 is 19.3 Å². The van der Waals surface area contributed by atoms with Crippen LogP contribution in [0, 0.1) is 0 Å². The van der Waals surface area contributed by atoms with Crippen LogP contribution >= 0.6 is 0 Å². The second-order valence-electron chi connectivity index (χ2n) is 15.0. The highest BCUT2D eigenvalue weighted by Crippen LogP contribution is 2.37. The number of anilines is 2. The summed E-state index contributed by atoms with van der Waals surface area (Å²) in [6, 6.07) is 39.1. The molecule has 4 aromatic carbocycles. The fraction of sp³-hybridized carbons (Fsp3) is 0.444. The third-order valence-electron chi connectivity index (χ3n) is 11.5. The molecule has 0 aromatic heterocycles. The summed E-state index contributed by atoms with van der Waals surface area (Å²) >= 11 is 0. The Morgan fingerprint density at radius 1 is 0.519 bits per heavy atom. The van der Waals surface area contributed by atoms with Crippen LogP contribution in [-0.4, -0.2) is 107 Å². The molecule has 0 bridgehead atoms. The van der Waals surface area contributed by atoms with E-state index >= 15 is 4.79 Å². The molecule has 0 aliphatic carbocycles. The van der Waals surface area contributed by atoms with Crippen molar-refractivity contribution in [3.63, 3.8) is 0 Å². The van der Waals surface area contributed by atoms with Crippen LogP contribution in [-0.2, 0) is 40.0 Å². The average Bonchev–Trinajstić information content (AvgIpc) is 3.19. The van der Waals surface area contributed by atoms with E-state index in [-0.39, 0.29) is 5.78 Å². The molecule has 2 fully saturated rings. The molecule has 7 heteroatoms. The van der Waals surface area contributed by atoms with Crippen LogP contribution in [0.15, 0.2) is 109 Å². The number of rotatable bonds is 16. The van der Waals surface area contributed by atoms with Gasteiger partial charge in [0.2, 0.25) is 0 Å². The van der Waals surface area contributed by atoms with E-state index in [0.29, 0.717) is 25.7 Å². The fourth-order valence-electron chi connectivity index (χ4n) is 8.13. The lowest BCUT2D eigenvalue weighted by Crippen LogP contribution is -2.66. The molecule has 2 atom stereocenters. The standard InChI is InChI=1S/C45H58N4O3/c1-46(2)44(35-39-11-7-5-8-12-39,25-23-37-15-19-41(20-16-37)48-27-31-51-32-28-48)43(50)45(47(3)4,36-40-13-9-6-10-14-40)26-24-38-17-21-42(22-18-38)49-29-33-52-34-30-49/h5-22H,23-36H2,1-4H3. The molecule has 2 aliphatic rings. The average molecular weight is 703 g/mol. The molecule has 4 aromatic rings. The minimum absolute atomic E-state index is 0.289. The first kappa shape index (κ1) is 37.7. The molecule has 0 amide bonds. The lowest BCUT2D eigenvalue weighted by atomic mass is 9.68. The van der Waals surface area contributed by atoms with Gasteiger partial charge in [0.05, 0.1) is 37.5 Å². The lowest BCUT2D eigenvalue weighted by Gasteiger charge is -2.49. The predicted octanol–water partition coefficient (Wildman–Crippen LogP) is 6.58. The maximum atomic E-state index is 16.0. The predicted molar refractivity (Wildman–Crippen MR) is 214 cm³/mol. The van der Waals surface area contributed by atoms with Crippen molar-refractivity contribution < 1.29 is 14.3 Å². The van der Waals surface area contributed by atoms with Crippen molar-refractivity contribution in [2.24, 2.45) is 0 Å². The third-order valence-corrected chi connectivity index (χ3v) is 11.5. The Bertz CT molecular complexity index is 1540. The van der Waals surface area contributed by atoms with Crippen molar-refractivity contribution in [2.45, 2.75) is 49.6 Å². The minimum atomic E-state index is -0.747. The molecular formula is C45H58N4O3. The summed E-state index contributed by atoms with van der Waals surface area (Å²) in [6.45, 7) is 6.75. The van der Waals surface area contributed by atoms with Crippen LogP contribution in [0.3, 0.4) is 0 Å². The molecule has 2 heterocycles. The van der Waals surface area contributed by atoms with Gasteiger partial charge in [0.15, 0.2) is 5.78 Å². The maximum Gasteiger partial charge on any atom is 0.173 e. The maximum absolute atomic E-state index is 16.0. The topological polar surface area (TPSA) is 48.5 Å². The summed E-state index contributed by atoms with van der Waals surface area (Å²) in [5, 5.41) is 0. The molecule has 2 aliphatic heterocycles. The van der Waals surface area contributed by atoms with Gasteiger partial charge in [-0.2, -0.15) is 0 Å². The van der Waals surface area contributed by atoms with Crippen LogP contribution in [0.25, 0.3) is 0 Å². The van der Waals surface area contributed by atoms with Gasteiger partial charge in [-0.1, -0.05) is 84.9 Å². The van der Waals surface area contributed by atoms with Crippen molar-refractivity contribution in [1.29, 1.82) is 0 Å². The first-order valence-corrected chi connectivity index (χ1v) is 19.1. The Morgan fingerprint density at radius 2 is 0.865 bits per heavy atom. The monoisotopic (exact) mass is 702 g/mol. The number of morpholine rings is 2. The molecule has 0 spiro atoms. The van der Waals surface area contributed by atoms with E-state index < -0.39 is 11.1 Å². The van der Waals surface area contributed by atoms with Gasteiger partial charge in [-0.25, -0.2) is 0 Å². The zero-order chi connectivity index (χ0) is 36.4. The van der Waals surface area contributed by atoms with Crippen molar-refractivity contribution >= 4 is 17.2 Å². The minimum Gasteiger partial charge on any atom is -0.378 e. The number of benzene rings is 4. The normalized spacial score (nSPS) is 17.6. The molecule has 2 saturated heterocycles. The number of aryl methyl sites for hydroxylation is 2. The number of carbonyl (C=O) groups excluding carboxylic acids is 1. The Hall–Kier alpha value is -4.01. The zero-order valence-electron chi connectivity index (χ0n) is 31.8. The number of hydrogen-bond donors (Lipinski definition) is 0. The van der Waals surface area contributed by atoms with Gasteiger partial charge in [0.1, 0.15) is 0 Å². The quantitative estimate of drug-likeness (QED) is 0.131. The lowest BCUT2D eigenvalue weighted by molar-refractivity contribution is -0.142. The summed E-state index contributed by atoms with van der Waals surface area (Å²) in [4.78, 5) is 25.3. The van der Waals surface area contributed by atoms with E-state index in [0.717, 1.165) is 65.4 Å². The highest BCUT2D eigenvalue weighted by atomic mass is 16.5. The molecule has 52 heavy (non-hydrogen) atoms. The Kier molecular flexibility index (Phi) is 12.8. The van der Waals surface area contributed by atoms with E-state index in [1.807, 2.05) is 0 Å². The van der Waals surface area contributed by atoms with Gasteiger partial charge in [-0.3, -0.25) is 14.6 Å². The number of Topliss-reactive ketones (excluding diaryl/α,β-unsaturated/α-hetero) is 1. The molecule has 0 radical (unpaired) electrons. The third kappa shape index (κ3) is 8.95. The first-order chi connectivity index (χ1) is 25.3. The molecule has 6 rings (SSSR count). The molecular weight excluding hydrogens is 645 g/mol. The van der Waals surface area contributed by atoms with E-state index in [2.05, 4.69) is 157 Å². The van der Waals surface area contributed by atoms with Gasteiger partial charge in [-0.05, 0) is 113 Å². The Morgan fingerprint density at radius 3 is 1.19 bits per heavy atom. The summed E-state index contributed by atoms with van der Waals surface area (Å²) < 4.78 is 11.2. The van der Waals surface area contributed by atoms with Crippen molar-refractivity contribution in [3.05, 3.63) is 131 Å². The van der Waals surface area contributed by atoms with Crippen molar-refractivity contribution in [1.82, 2.24) is 9.80 Å². The first-order valence-electron chi connectivity index (χ1n) is 19.1. The zero-order valence-corrected chi connectivity index (χ0v) is 31.8. The van der Waals surface area contributed by atoms with Gasteiger partial charge in [0, 0.05) is 37.6 Å². The highest BCUT2D eigenvalue weighted by molar-refractivity contribution is 5.97. The number of carbonyl (C=O) groups is 1. The van der Waals surface area contributed by atoms with Gasteiger partial charge in [0.25, 0.3) is 0 Å².